The van der Waals surface area contributed by atoms with E-state index in [1.807, 2.05) is 20.0 Å². The van der Waals surface area contributed by atoms with Crippen molar-refractivity contribution in [3.63, 3.8) is 0 Å². The quantitative estimate of drug-likeness (QED) is 0.485. The number of alkyl halides is 3. The summed E-state index contributed by atoms with van der Waals surface area (Å²) < 4.78 is 65.6. The lowest BCUT2D eigenvalue weighted by Gasteiger charge is -2.34. The van der Waals surface area contributed by atoms with Crippen molar-refractivity contribution in [1.82, 2.24) is 24.0 Å². The van der Waals surface area contributed by atoms with Crippen LogP contribution in [0.1, 0.15) is 47.1 Å². The number of carbonyl (C=O) groups excluding carboxylic acids is 1. The van der Waals surface area contributed by atoms with Gasteiger partial charge >= 0.3 is 15.5 Å². The molecule has 0 spiro atoms. The maximum atomic E-state index is 13.2. The van der Waals surface area contributed by atoms with Gasteiger partial charge in [-0.05, 0) is 49.4 Å². The van der Waals surface area contributed by atoms with Crippen molar-refractivity contribution in [1.29, 1.82) is 0 Å². The van der Waals surface area contributed by atoms with Gasteiger partial charge in [-0.2, -0.15) is 26.7 Å². The summed E-state index contributed by atoms with van der Waals surface area (Å²) in [6.07, 6.45) is 5.26. The molecule has 1 aliphatic heterocycles. The maximum Gasteiger partial charge on any atom is 0.516 e. The van der Waals surface area contributed by atoms with E-state index in [0.29, 0.717) is 46.4 Å². The lowest BCUT2D eigenvalue weighted by atomic mass is 10.2. The van der Waals surface area contributed by atoms with Gasteiger partial charge in [-0.3, -0.25) is 14.2 Å². The van der Waals surface area contributed by atoms with Crippen LogP contribution in [0.2, 0.25) is 0 Å². The average Bonchev–Trinajstić information content (AvgIpc) is 3.67. The molecule has 0 bridgehead atoms. The summed E-state index contributed by atoms with van der Waals surface area (Å²) in [5, 5.41) is 8.70. The highest BCUT2D eigenvalue weighted by Gasteiger charge is 2.53. The molecule has 3 heterocycles. The smallest absolute Gasteiger partial charge is 0.347 e. The summed E-state index contributed by atoms with van der Waals surface area (Å²) in [5.74, 6) is -0.215. The van der Waals surface area contributed by atoms with E-state index in [-0.39, 0.29) is 37.3 Å². The number of amidine groups is 1. The van der Waals surface area contributed by atoms with Gasteiger partial charge in [-0.25, -0.2) is 14.3 Å². The van der Waals surface area contributed by atoms with Crippen molar-refractivity contribution in [3.05, 3.63) is 59.2 Å². The predicted molar refractivity (Wildman–Crippen MR) is 134 cm³/mol. The number of hydrogen-bond acceptors (Lipinski definition) is 7. The number of rotatable bonds is 7. The number of benzene rings is 1. The van der Waals surface area contributed by atoms with Gasteiger partial charge in [0, 0.05) is 24.9 Å². The van der Waals surface area contributed by atoms with Gasteiger partial charge < -0.3 is 5.32 Å². The summed E-state index contributed by atoms with van der Waals surface area (Å²) in [5.41, 5.74) is -2.00. The third-order valence-electron chi connectivity index (χ3n) is 6.44. The summed E-state index contributed by atoms with van der Waals surface area (Å²) in [4.78, 5) is 21.7. The van der Waals surface area contributed by atoms with Crippen molar-refractivity contribution in [3.8, 4) is 0 Å². The van der Waals surface area contributed by atoms with Crippen LogP contribution in [0, 0.1) is 12.8 Å². The molecule has 1 fully saturated rings. The second-order valence-corrected chi connectivity index (χ2v) is 11.1. The van der Waals surface area contributed by atoms with E-state index in [9.17, 15) is 26.4 Å². The van der Waals surface area contributed by atoms with E-state index < -0.39 is 15.5 Å². The molecule has 5 rings (SSSR count). The Labute approximate surface area is 217 Å². The molecule has 2 aliphatic rings. The Kier molecular flexibility index (Phi) is 6.53. The molecule has 1 saturated carbocycles. The molecule has 10 nitrogen and oxygen atoms in total. The van der Waals surface area contributed by atoms with E-state index >= 15 is 0 Å². The number of imidazole rings is 1. The van der Waals surface area contributed by atoms with Gasteiger partial charge in [0.05, 0.1) is 24.5 Å². The molecule has 202 valence electrons. The SMILES string of the molecule is CCc1nc2ncc(C)cn2c1C(=O)NCc1ccc(N2CCN(S(=O)(=O)C(F)(F)F)C(C3CC3)=N2)cc1. The molecule has 1 N–H and O–H groups in total. The summed E-state index contributed by atoms with van der Waals surface area (Å²) in [6, 6.07) is 7.04. The fourth-order valence-corrected chi connectivity index (χ4v) is 5.32. The molecule has 1 amide bonds. The number of nitrogens with zero attached hydrogens (tertiary/aromatic N) is 6. The third kappa shape index (κ3) is 4.79. The number of aryl methyl sites for hydroxylation is 2. The Morgan fingerprint density at radius 3 is 2.50 bits per heavy atom. The first-order chi connectivity index (χ1) is 18.0. The monoisotopic (exact) mass is 549 g/mol. The molecule has 0 atom stereocenters. The van der Waals surface area contributed by atoms with E-state index in [1.165, 1.54) is 5.01 Å². The maximum absolute atomic E-state index is 13.2. The standard InChI is InChI=1S/C24H26F3N7O3S/c1-3-19-20(32-14-15(2)12-29-23(32)30-19)22(35)28-13-16-4-8-18(9-5-16)33-10-11-34(21(31-33)17-6-7-17)38(36,37)24(25,26)27/h4-5,8-9,12,14,17H,3,6-7,10-11,13H2,1-2H3,(H,28,35). The lowest BCUT2D eigenvalue weighted by Crippen LogP contribution is -2.51. The minimum Gasteiger partial charge on any atom is -0.347 e. The first-order valence-corrected chi connectivity index (χ1v) is 13.6. The highest BCUT2D eigenvalue weighted by Crippen LogP contribution is 2.38. The largest absolute Gasteiger partial charge is 0.516 e. The minimum absolute atomic E-state index is 0.0247. The molecular formula is C24H26F3N7O3S. The fourth-order valence-electron chi connectivity index (χ4n) is 4.32. The zero-order chi connectivity index (χ0) is 27.2. The Bertz CT molecular complexity index is 1510. The van der Waals surface area contributed by atoms with Crippen LogP contribution in [0.15, 0.2) is 41.8 Å². The van der Waals surface area contributed by atoms with Crippen LogP contribution < -0.4 is 10.3 Å². The number of hydrazone groups is 1. The number of aromatic nitrogens is 3. The Morgan fingerprint density at radius 2 is 1.87 bits per heavy atom. The van der Waals surface area contributed by atoms with Crippen molar-refractivity contribution in [2.45, 2.75) is 45.2 Å². The van der Waals surface area contributed by atoms with Crippen molar-refractivity contribution in [2.24, 2.45) is 11.0 Å². The van der Waals surface area contributed by atoms with Gasteiger partial charge in [0.1, 0.15) is 11.5 Å². The first kappa shape index (κ1) is 25.9. The molecule has 14 heteroatoms. The Morgan fingerprint density at radius 1 is 1.16 bits per heavy atom. The number of carbonyl (C=O) groups is 1. The molecule has 1 aliphatic carbocycles. The second kappa shape index (κ2) is 9.57. The first-order valence-electron chi connectivity index (χ1n) is 12.2. The number of amides is 1. The topological polar surface area (TPSA) is 112 Å². The van der Waals surface area contributed by atoms with Crippen LogP contribution in [-0.4, -0.2) is 57.4 Å². The van der Waals surface area contributed by atoms with E-state index in [4.69, 9.17) is 0 Å². The van der Waals surface area contributed by atoms with E-state index in [0.717, 1.165) is 11.1 Å². The highest BCUT2D eigenvalue weighted by molar-refractivity contribution is 7.90. The summed E-state index contributed by atoms with van der Waals surface area (Å²) >= 11 is 0. The molecule has 1 aromatic carbocycles. The van der Waals surface area contributed by atoms with Gasteiger partial charge in [-0.1, -0.05) is 19.1 Å². The van der Waals surface area contributed by atoms with Crippen molar-refractivity contribution < 1.29 is 26.4 Å². The molecule has 38 heavy (non-hydrogen) atoms. The van der Waals surface area contributed by atoms with Crippen LogP contribution in [0.5, 0.6) is 0 Å². The minimum atomic E-state index is -5.50. The van der Waals surface area contributed by atoms with E-state index in [2.05, 4.69) is 20.4 Å². The summed E-state index contributed by atoms with van der Waals surface area (Å²) in [7, 11) is -5.50. The molecule has 0 saturated heterocycles. The molecule has 3 aromatic rings. The average molecular weight is 550 g/mol. The van der Waals surface area contributed by atoms with Crippen LogP contribution in [-0.2, 0) is 23.0 Å². The van der Waals surface area contributed by atoms with Gasteiger partial charge in [0.2, 0.25) is 5.78 Å². The molecule has 0 radical (unpaired) electrons. The van der Waals surface area contributed by atoms with Crippen LogP contribution >= 0.6 is 0 Å². The third-order valence-corrected chi connectivity index (χ3v) is 7.97. The number of nitrogens with one attached hydrogen (secondary N) is 1. The zero-order valence-electron chi connectivity index (χ0n) is 20.7. The Balaban J connectivity index is 1.30. The molecule has 0 unspecified atom stereocenters. The van der Waals surface area contributed by atoms with Crippen LogP contribution in [0.25, 0.3) is 5.78 Å². The predicted octanol–water partition coefficient (Wildman–Crippen LogP) is 3.23. The van der Waals surface area contributed by atoms with E-state index in [1.54, 1.807) is 34.9 Å². The number of hydrogen-bond donors (Lipinski definition) is 1. The van der Waals surface area contributed by atoms with Crippen molar-refractivity contribution in [2.75, 3.05) is 18.1 Å². The molecule has 2 aromatic heterocycles. The van der Waals surface area contributed by atoms with Crippen LogP contribution in [0.3, 0.4) is 0 Å². The van der Waals surface area contributed by atoms with Crippen LogP contribution in [0.4, 0.5) is 18.9 Å². The highest BCUT2D eigenvalue weighted by atomic mass is 32.2. The van der Waals surface area contributed by atoms with Gasteiger partial charge in [0.25, 0.3) is 5.91 Å². The number of sulfonamides is 1. The normalized spacial score (nSPS) is 16.6. The second-order valence-electron chi connectivity index (χ2n) is 9.29. The molecular weight excluding hydrogens is 523 g/mol. The zero-order valence-corrected chi connectivity index (χ0v) is 21.6. The lowest BCUT2D eigenvalue weighted by molar-refractivity contribution is -0.0473. The number of fused-ring (bicyclic) bond motifs is 1. The Hall–Kier alpha value is -3.68. The van der Waals surface area contributed by atoms with Crippen molar-refractivity contribution >= 4 is 33.2 Å². The fraction of sp³-hybridized carbons (Fsp3) is 0.417. The number of anilines is 1. The van der Waals surface area contributed by atoms with Gasteiger partial charge in [0.15, 0.2) is 0 Å². The number of halogens is 3. The van der Waals surface area contributed by atoms with Gasteiger partial charge in [-0.15, -0.1) is 0 Å². The summed E-state index contributed by atoms with van der Waals surface area (Å²) in [6.45, 7) is 3.67.